The summed E-state index contributed by atoms with van der Waals surface area (Å²) >= 11 is 0. The number of benzene rings is 1. The van der Waals surface area contributed by atoms with Crippen LogP contribution in [0.5, 0.6) is 0 Å². The minimum Gasteiger partial charge on any atom is -0.337 e. The standard InChI is InChI=1S/C19H23N3O/c20-15-19(10-4-5-11-19)21-18(23)14-22-12-8-17(9-13-22)16-6-2-1-3-7-16/h1-3,6-8H,4-5,9-14H2,(H,21,23). The summed E-state index contributed by atoms with van der Waals surface area (Å²) < 4.78 is 0. The van der Waals surface area contributed by atoms with E-state index in [0.717, 1.165) is 45.2 Å². The molecule has 0 bridgehead atoms. The Kier molecular flexibility index (Phi) is 4.78. The second-order valence-corrected chi connectivity index (χ2v) is 6.53. The maximum absolute atomic E-state index is 12.3. The van der Waals surface area contributed by atoms with Gasteiger partial charge in [0.25, 0.3) is 0 Å². The third-order valence-corrected chi connectivity index (χ3v) is 4.85. The van der Waals surface area contributed by atoms with Crippen LogP contribution in [0.4, 0.5) is 0 Å². The number of carbonyl (C=O) groups excluding carboxylic acids is 1. The van der Waals surface area contributed by atoms with Crippen molar-refractivity contribution < 1.29 is 4.79 Å². The summed E-state index contributed by atoms with van der Waals surface area (Å²) in [6, 6.07) is 12.7. The predicted octanol–water partition coefficient (Wildman–Crippen LogP) is 2.73. The first-order chi connectivity index (χ1) is 11.2. The number of carbonyl (C=O) groups is 1. The van der Waals surface area contributed by atoms with Gasteiger partial charge in [-0.2, -0.15) is 5.26 Å². The van der Waals surface area contributed by atoms with Crippen LogP contribution < -0.4 is 5.32 Å². The van der Waals surface area contributed by atoms with Crippen molar-refractivity contribution in [2.24, 2.45) is 0 Å². The number of nitrogens with one attached hydrogen (secondary N) is 1. The van der Waals surface area contributed by atoms with Gasteiger partial charge in [-0.25, -0.2) is 0 Å². The van der Waals surface area contributed by atoms with E-state index in [2.05, 4.69) is 46.6 Å². The number of nitriles is 1. The first kappa shape index (κ1) is 15.8. The second-order valence-electron chi connectivity index (χ2n) is 6.53. The Morgan fingerprint density at radius 2 is 2.00 bits per heavy atom. The zero-order valence-corrected chi connectivity index (χ0v) is 13.4. The highest BCUT2D eigenvalue weighted by atomic mass is 16.2. The van der Waals surface area contributed by atoms with Gasteiger partial charge in [-0.1, -0.05) is 36.4 Å². The number of hydrogen-bond donors (Lipinski definition) is 1. The molecule has 2 aliphatic rings. The van der Waals surface area contributed by atoms with Crippen LogP contribution in [-0.2, 0) is 4.79 Å². The van der Waals surface area contributed by atoms with Crippen LogP contribution in [0.25, 0.3) is 5.57 Å². The van der Waals surface area contributed by atoms with Crippen molar-refractivity contribution in [3.8, 4) is 6.07 Å². The highest BCUT2D eigenvalue weighted by Crippen LogP contribution is 2.29. The lowest BCUT2D eigenvalue weighted by Gasteiger charge is -2.28. The topological polar surface area (TPSA) is 56.1 Å². The van der Waals surface area contributed by atoms with Gasteiger partial charge in [-0.3, -0.25) is 9.69 Å². The molecular formula is C19H23N3O. The van der Waals surface area contributed by atoms with Gasteiger partial charge in [-0.15, -0.1) is 0 Å². The van der Waals surface area contributed by atoms with Gasteiger partial charge in [0, 0.05) is 13.1 Å². The average Bonchev–Trinajstić information content (AvgIpc) is 3.05. The van der Waals surface area contributed by atoms with Crippen LogP contribution in [0.1, 0.15) is 37.7 Å². The lowest BCUT2D eigenvalue weighted by molar-refractivity contribution is -0.123. The minimum absolute atomic E-state index is 0.0231. The Morgan fingerprint density at radius 3 is 2.61 bits per heavy atom. The van der Waals surface area contributed by atoms with E-state index in [0.29, 0.717) is 6.54 Å². The van der Waals surface area contributed by atoms with E-state index >= 15 is 0 Å². The molecule has 1 heterocycles. The van der Waals surface area contributed by atoms with E-state index < -0.39 is 5.54 Å². The molecule has 0 atom stereocenters. The molecule has 0 unspecified atom stereocenters. The van der Waals surface area contributed by atoms with Gasteiger partial charge in [0.1, 0.15) is 5.54 Å². The third-order valence-electron chi connectivity index (χ3n) is 4.85. The van der Waals surface area contributed by atoms with Gasteiger partial charge in [0.2, 0.25) is 5.91 Å². The zero-order chi connectivity index (χ0) is 16.1. The second kappa shape index (κ2) is 6.97. The van der Waals surface area contributed by atoms with Crippen molar-refractivity contribution in [1.29, 1.82) is 5.26 Å². The van der Waals surface area contributed by atoms with Crippen molar-refractivity contribution in [3.63, 3.8) is 0 Å². The molecule has 0 saturated heterocycles. The molecule has 1 saturated carbocycles. The fourth-order valence-electron chi connectivity index (χ4n) is 3.52. The Hall–Kier alpha value is -2.12. The lowest BCUT2D eigenvalue weighted by Crippen LogP contribution is -2.49. The predicted molar refractivity (Wildman–Crippen MR) is 90.4 cm³/mol. The quantitative estimate of drug-likeness (QED) is 0.930. The summed E-state index contributed by atoms with van der Waals surface area (Å²) in [5.74, 6) is -0.0231. The van der Waals surface area contributed by atoms with Gasteiger partial charge in [0.05, 0.1) is 12.6 Å². The summed E-state index contributed by atoms with van der Waals surface area (Å²) in [5.41, 5.74) is 2.01. The van der Waals surface area contributed by atoms with E-state index in [-0.39, 0.29) is 5.91 Å². The van der Waals surface area contributed by atoms with Crippen molar-refractivity contribution in [3.05, 3.63) is 42.0 Å². The van der Waals surface area contributed by atoms with Crippen LogP contribution in [0.3, 0.4) is 0 Å². The Bertz CT molecular complexity index is 624. The average molecular weight is 309 g/mol. The number of nitrogens with zero attached hydrogens (tertiary/aromatic N) is 2. The first-order valence-corrected chi connectivity index (χ1v) is 8.40. The molecule has 1 aliphatic heterocycles. The maximum atomic E-state index is 12.3. The van der Waals surface area contributed by atoms with Crippen LogP contribution in [0.15, 0.2) is 36.4 Å². The van der Waals surface area contributed by atoms with E-state index in [1.807, 2.05) is 6.07 Å². The smallest absolute Gasteiger partial charge is 0.235 e. The fraction of sp³-hybridized carbons (Fsp3) is 0.474. The molecule has 4 heteroatoms. The molecule has 120 valence electrons. The number of amides is 1. The van der Waals surface area contributed by atoms with Gasteiger partial charge >= 0.3 is 0 Å². The molecular weight excluding hydrogens is 286 g/mol. The molecule has 4 nitrogen and oxygen atoms in total. The summed E-state index contributed by atoms with van der Waals surface area (Å²) in [5, 5.41) is 12.3. The fourth-order valence-corrected chi connectivity index (χ4v) is 3.52. The number of hydrogen-bond acceptors (Lipinski definition) is 3. The first-order valence-electron chi connectivity index (χ1n) is 8.40. The summed E-state index contributed by atoms with van der Waals surface area (Å²) in [6.45, 7) is 2.05. The van der Waals surface area contributed by atoms with Crippen LogP contribution in [0, 0.1) is 11.3 Å². The van der Waals surface area contributed by atoms with E-state index in [9.17, 15) is 10.1 Å². The van der Waals surface area contributed by atoms with E-state index in [4.69, 9.17) is 0 Å². The van der Waals surface area contributed by atoms with Gasteiger partial charge in [-0.05, 0) is 43.2 Å². The summed E-state index contributed by atoms with van der Waals surface area (Å²) in [7, 11) is 0. The van der Waals surface area contributed by atoms with E-state index in [1.54, 1.807) is 0 Å². The zero-order valence-electron chi connectivity index (χ0n) is 13.4. The summed E-state index contributed by atoms with van der Waals surface area (Å²) in [4.78, 5) is 14.4. The molecule has 3 rings (SSSR count). The Balaban J connectivity index is 1.53. The Labute approximate surface area is 137 Å². The van der Waals surface area contributed by atoms with Gasteiger partial charge < -0.3 is 5.32 Å². The number of rotatable bonds is 4. The van der Waals surface area contributed by atoms with Crippen molar-refractivity contribution in [2.45, 2.75) is 37.6 Å². The molecule has 0 spiro atoms. The van der Waals surface area contributed by atoms with Crippen molar-refractivity contribution in [2.75, 3.05) is 19.6 Å². The molecule has 23 heavy (non-hydrogen) atoms. The molecule has 1 N–H and O–H groups in total. The summed E-state index contributed by atoms with van der Waals surface area (Å²) in [6.07, 6.45) is 6.80. The van der Waals surface area contributed by atoms with Crippen LogP contribution in [-0.4, -0.2) is 36.0 Å². The van der Waals surface area contributed by atoms with E-state index in [1.165, 1.54) is 11.1 Å². The molecule has 0 aromatic heterocycles. The molecule has 1 aromatic carbocycles. The largest absolute Gasteiger partial charge is 0.337 e. The maximum Gasteiger partial charge on any atom is 0.235 e. The molecule has 1 fully saturated rings. The minimum atomic E-state index is -0.613. The Morgan fingerprint density at radius 1 is 1.26 bits per heavy atom. The molecule has 1 aliphatic carbocycles. The molecule has 1 amide bonds. The van der Waals surface area contributed by atoms with Crippen LogP contribution in [0.2, 0.25) is 0 Å². The van der Waals surface area contributed by atoms with Crippen molar-refractivity contribution in [1.82, 2.24) is 10.2 Å². The highest BCUT2D eigenvalue weighted by molar-refractivity contribution is 5.79. The SMILES string of the molecule is N#CC1(NC(=O)CN2CC=C(c3ccccc3)CC2)CCCC1. The third kappa shape index (κ3) is 3.80. The molecule has 1 aromatic rings. The molecule has 0 radical (unpaired) electrons. The lowest BCUT2D eigenvalue weighted by atomic mass is 9.99. The van der Waals surface area contributed by atoms with Crippen LogP contribution >= 0.6 is 0 Å². The normalized spacial score (nSPS) is 20.6. The highest BCUT2D eigenvalue weighted by Gasteiger charge is 2.35. The van der Waals surface area contributed by atoms with Gasteiger partial charge in [0.15, 0.2) is 0 Å². The van der Waals surface area contributed by atoms with Crippen molar-refractivity contribution >= 4 is 11.5 Å². The monoisotopic (exact) mass is 309 g/mol.